The number of nitrogens with zero attached hydrogens (tertiary/aromatic N) is 2. The minimum atomic E-state index is -3.63. The van der Waals surface area contributed by atoms with Crippen LogP contribution in [0.15, 0.2) is 59.5 Å². The molecule has 1 atom stereocenters. The SMILES string of the molecule is CN(Cc1ccccc1)C(=O)[C@H]1CCCN(S(=O)(=O)c2ccc(Cl)cc2)C1. The highest BCUT2D eigenvalue weighted by Gasteiger charge is 2.34. The summed E-state index contributed by atoms with van der Waals surface area (Å²) in [5, 5.41) is 0.489. The first-order valence-electron chi connectivity index (χ1n) is 8.92. The standard InChI is InChI=1S/C20H23ClN2O3S/c1-22(14-16-6-3-2-4-7-16)20(24)17-8-5-13-23(15-17)27(25,26)19-11-9-18(21)10-12-19/h2-4,6-7,9-12,17H,5,8,13-15H2,1H3/t17-/m0/s1. The van der Waals surface area contributed by atoms with Crippen molar-refractivity contribution in [1.82, 2.24) is 9.21 Å². The van der Waals surface area contributed by atoms with Crippen molar-refractivity contribution in [2.45, 2.75) is 24.3 Å². The summed E-state index contributed by atoms with van der Waals surface area (Å²) in [4.78, 5) is 14.7. The number of sulfonamides is 1. The van der Waals surface area contributed by atoms with Crippen LogP contribution < -0.4 is 0 Å². The lowest BCUT2D eigenvalue weighted by Gasteiger charge is -2.33. The summed E-state index contributed by atoms with van der Waals surface area (Å²) in [5.74, 6) is -0.343. The number of halogens is 1. The molecule has 0 aromatic heterocycles. The van der Waals surface area contributed by atoms with E-state index in [2.05, 4.69) is 0 Å². The number of hydrogen-bond acceptors (Lipinski definition) is 3. The van der Waals surface area contributed by atoms with Crippen molar-refractivity contribution >= 4 is 27.5 Å². The van der Waals surface area contributed by atoms with Crippen molar-refractivity contribution in [2.24, 2.45) is 5.92 Å². The third-order valence-electron chi connectivity index (χ3n) is 4.82. The van der Waals surface area contributed by atoms with E-state index in [4.69, 9.17) is 11.6 Å². The molecule has 0 aliphatic carbocycles. The summed E-state index contributed by atoms with van der Waals surface area (Å²) in [6.07, 6.45) is 1.37. The molecule has 1 heterocycles. The van der Waals surface area contributed by atoms with Crippen LogP contribution in [-0.2, 0) is 21.4 Å². The Labute approximate surface area is 165 Å². The molecular formula is C20H23ClN2O3S. The first kappa shape index (κ1) is 19.9. The zero-order valence-electron chi connectivity index (χ0n) is 15.2. The Bertz CT molecular complexity index is 885. The third-order valence-corrected chi connectivity index (χ3v) is 6.95. The van der Waals surface area contributed by atoms with Gasteiger partial charge in [-0.3, -0.25) is 4.79 Å². The average molecular weight is 407 g/mol. The smallest absolute Gasteiger partial charge is 0.243 e. The van der Waals surface area contributed by atoms with Gasteiger partial charge in [0, 0.05) is 31.7 Å². The van der Waals surface area contributed by atoms with Gasteiger partial charge in [-0.15, -0.1) is 0 Å². The highest BCUT2D eigenvalue weighted by molar-refractivity contribution is 7.89. The van der Waals surface area contributed by atoms with E-state index >= 15 is 0 Å². The minimum Gasteiger partial charge on any atom is -0.341 e. The van der Waals surface area contributed by atoms with Crippen LogP contribution in [0, 0.1) is 5.92 Å². The van der Waals surface area contributed by atoms with Gasteiger partial charge in [0.25, 0.3) is 0 Å². The Morgan fingerprint density at radius 3 is 2.48 bits per heavy atom. The zero-order valence-corrected chi connectivity index (χ0v) is 16.8. The van der Waals surface area contributed by atoms with Crippen LogP contribution in [0.25, 0.3) is 0 Å². The Hall–Kier alpha value is -1.89. The predicted octanol–water partition coefficient (Wildman–Crippen LogP) is 3.40. The second-order valence-corrected chi connectivity index (χ2v) is 9.21. The summed E-state index contributed by atoms with van der Waals surface area (Å²) in [6, 6.07) is 15.9. The Kier molecular flexibility index (Phi) is 6.19. The van der Waals surface area contributed by atoms with E-state index < -0.39 is 10.0 Å². The molecule has 1 amide bonds. The van der Waals surface area contributed by atoms with Gasteiger partial charge in [0.15, 0.2) is 0 Å². The number of benzene rings is 2. The second kappa shape index (κ2) is 8.42. The van der Waals surface area contributed by atoms with E-state index in [9.17, 15) is 13.2 Å². The van der Waals surface area contributed by atoms with Gasteiger partial charge in [-0.05, 0) is 42.7 Å². The minimum absolute atomic E-state index is 0.0186. The maximum atomic E-state index is 12.9. The van der Waals surface area contributed by atoms with Crippen molar-refractivity contribution in [3.8, 4) is 0 Å². The molecule has 7 heteroatoms. The fourth-order valence-electron chi connectivity index (χ4n) is 3.36. The van der Waals surface area contributed by atoms with Gasteiger partial charge in [0.05, 0.1) is 10.8 Å². The van der Waals surface area contributed by atoms with Crippen molar-refractivity contribution < 1.29 is 13.2 Å². The fraction of sp³-hybridized carbons (Fsp3) is 0.350. The van der Waals surface area contributed by atoms with Crippen molar-refractivity contribution in [3.05, 3.63) is 65.2 Å². The molecule has 1 fully saturated rings. The van der Waals surface area contributed by atoms with E-state index in [0.717, 1.165) is 5.56 Å². The number of rotatable bonds is 5. The number of amides is 1. The maximum absolute atomic E-state index is 12.9. The molecule has 0 unspecified atom stereocenters. The maximum Gasteiger partial charge on any atom is 0.243 e. The molecule has 2 aromatic carbocycles. The highest BCUT2D eigenvalue weighted by Crippen LogP contribution is 2.26. The Morgan fingerprint density at radius 1 is 1.15 bits per heavy atom. The Morgan fingerprint density at radius 2 is 1.81 bits per heavy atom. The number of carbonyl (C=O) groups excluding carboxylic acids is 1. The van der Waals surface area contributed by atoms with E-state index in [0.29, 0.717) is 31.0 Å². The Balaban J connectivity index is 1.69. The summed E-state index contributed by atoms with van der Waals surface area (Å²) in [7, 11) is -1.86. The average Bonchev–Trinajstić information content (AvgIpc) is 2.68. The first-order valence-corrected chi connectivity index (χ1v) is 10.7. The monoisotopic (exact) mass is 406 g/mol. The molecule has 1 aliphatic rings. The van der Waals surface area contributed by atoms with Crippen LogP contribution in [0.3, 0.4) is 0 Å². The molecule has 144 valence electrons. The molecule has 1 aliphatic heterocycles. The highest BCUT2D eigenvalue weighted by atomic mass is 35.5. The van der Waals surface area contributed by atoms with E-state index in [1.165, 1.54) is 16.4 Å². The van der Waals surface area contributed by atoms with Crippen LogP contribution in [0.1, 0.15) is 18.4 Å². The lowest BCUT2D eigenvalue weighted by atomic mass is 9.98. The molecule has 5 nitrogen and oxygen atoms in total. The van der Waals surface area contributed by atoms with E-state index in [1.54, 1.807) is 24.1 Å². The van der Waals surface area contributed by atoms with Gasteiger partial charge < -0.3 is 4.90 Å². The number of carbonyl (C=O) groups is 1. The van der Waals surface area contributed by atoms with E-state index in [1.807, 2.05) is 30.3 Å². The lowest BCUT2D eigenvalue weighted by molar-refractivity contribution is -0.135. The molecule has 1 saturated heterocycles. The third kappa shape index (κ3) is 4.69. The van der Waals surface area contributed by atoms with Crippen molar-refractivity contribution in [3.63, 3.8) is 0 Å². The molecule has 2 aromatic rings. The molecule has 0 radical (unpaired) electrons. The van der Waals surface area contributed by atoms with Gasteiger partial charge in [-0.1, -0.05) is 41.9 Å². The molecule has 0 saturated carbocycles. The fourth-order valence-corrected chi connectivity index (χ4v) is 5.01. The van der Waals surface area contributed by atoms with Crippen LogP contribution in [0.5, 0.6) is 0 Å². The predicted molar refractivity (Wildman–Crippen MR) is 106 cm³/mol. The van der Waals surface area contributed by atoms with Crippen LogP contribution in [0.2, 0.25) is 5.02 Å². The topological polar surface area (TPSA) is 57.7 Å². The summed E-state index contributed by atoms with van der Waals surface area (Å²) in [5.41, 5.74) is 1.05. The number of hydrogen-bond donors (Lipinski definition) is 0. The van der Waals surface area contributed by atoms with Gasteiger partial charge in [0.1, 0.15) is 0 Å². The summed E-state index contributed by atoms with van der Waals surface area (Å²) < 4.78 is 27.2. The van der Waals surface area contributed by atoms with Crippen LogP contribution in [-0.4, -0.2) is 43.7 Å². The van der Waals surface area contributed by atoms with Gasteiger partial charge in [0.2, 0.25) is 15.9 Å². The van der Waals surface area contributed by atoms with E-state index in [-0.39, 0.29) is 23.3 Å². The largest absolute Gasteiger partial charge is 0.341 e. The van der Waals surface area contributed by atoms with Gasteiger partial charge >= 0.3 is 0 Å². The second-order valence-electron chi connectivity index (χ2n) is 6.84. The number of piperidine rings is 1. The molecule has 0 spiro atoms. The molecule has 0 N–H and O–H groups in total. The first-order chi connectivity index (χ1) is 12.9. The van der Waals surface area contributed by atoms with Crippen LogP contribution in [0.4, 0.5) is 0 Å². The van der Waals surface area contributed by atoms with Gasteiger partial charge in [-0.2, -0.15) is 4.31 Å². The molecular weight excluding hydrogens is 384 g/mol. The molecule has 0 bridgehead atoms. The molecule has 3 rings (SSSR count). The van der Waals surface area contributed by atoms with Crippen LogP contribution >= 0.6 is 11.6 Å². The quantitative estimate of drug-likeness (QED) is 0.764. The zero-order chi connectivity index (χ0) is 19.4. The summed E-state index contributed by atoms with van der Waals surface area (Å²) in [6.45, 7) is 1.15. The summed E-state index contributed by atoms with van der Waals surface area (Å²) >= 11 is 5.85. The lowest BCUT2D eigenvalue weighted by Crippen LogP contribution is -2.45. The molecule has 27 heavy (non-hydrogen) atoms. The normalized spacial score (nSPS) is 18.2. The van der Waals surface area contributed by atoms with Gasteiger partial charge in [-0.25, -0.2) is 8.42 Å². The van der Waals surface area contributed by atoms with Crippen molar-refractivity contribution in [2.75, 3.05) is 20.1 Å². The van der Waals surface area contributed by atoms with Crippen molar-refractivity contribution in [1.29, 1.82) is 0 Å².